The van der Waals surface area contributed by atoms with Gasteiger partial charge in [0.15, 0.2) is 11.6 Å². The van der Waals surface area contributed by atoms with E-state index in [1.165, 1.54) is 13.8 Å². The normalized spacial score (nSPS) is 9.66. The maximum absolute atomic E-state index is 11.1. The minimum atomic E-state index is -0.171. The summed E-state index contributed by atoms with van der Waals surface area (Å²) in [6, 6.07) is 0. The molecule has 0 fully saturated rings. The summed E-state index contributed by atoms with van der Waals surface area (Å²) in [6.07, 6.45) is 10.6. The van der Waals surface area contributed by atoms with Crippen LogP contribution in [0.25, 0.3) is 0 Å². The van der Waals surface area contributed by atoms with Crippen LogP contribution in [-0.2, 0) is 30.1 Å². The molecule has 4 aromatic heterocycles. The van der Waals surface area contributed by atoms with E-state index in [9.17, 15) is 9.59 Å². The number of carbonyl (C=O) groups is 2. The number of aromatic nitrogens is 8. The second-order valence-electron chi connectivity index (χ2n) is 7.31. The van der Waals surface area contributed by atoms with E-state index in [4.69, 9.17) is 17.3 Å². The van der Waals surface area contributed by atoms with Crippen LogP contribution in [-0.4, -0.2) is 51.3 Å². The molecule has 0 saturated carbocycles. The number of nitrogens with two attached hydrogens (primary N) is 1. The number of rotatable bonds is 4. The molecular weight excluding hydrogens is 646 g/mol. The number of halogens is 3. The first-order chi connectivity index (χ1) is 17.4. The van der Waals surface area contributed by atoms with E-state index in [-0.39, 0.29) is 24.5 Å². The third-order valence-corrected chi connectivity index (χ3v) is 4.98. The molecule has 0 bridgehead atoms. The van der Waals surface area contributed by atoms with Gasteiger partial charge in [0.1, 0.15) is 5.82 Å². The van der Waals surface area contributed by atoms with Crippen LogP contribution in [0.5, 0.6) is 0 Å². The molecule has 16 heteroatoms. The summed E-state index contributed by atoms with van der Waals surface area (Å²) in [7, 11) is 3.54. The molecule has 4 heterocycles. The average molecular weight is 674 g/mol. The molecule has 0 spiro atoms. The number of hydrogen-bond acceptors (Lipinski definition) is 9. The third kappa shape index (κ3) is 11.7. The van der Waals surface area contributed by atoms with Crippen molar-refractivity contribution in [2.24, 2.45) is 14.1 Å². The number of anilines is 3. The number of nitrogens with zero attached hydrogens (tertiary/aromatic N) is 8. The van der Waals surface area contributed by atoms with E-state index in [1.807, 2.05) is 6.20 Å². The summed E-state index contributed by atoms with van der Waals surface area (Å²) in [4.78, 5) is 37.4. The molecule has 204 valence electrons. The largest absolute Gasteiger partial charge is 0.394 e. The van der Waals surface area contributed by atoms with Crippen LogP contribution in [0.1, 0.15) is 32.7 Å². The Morgan fingerprint density at radius 2 is 1.32 bits per heavy atom. The van der Waals surface area contributed by atoms with Crippen LogP contribution < -0.4 is 16.4 Å². The summed E-state index contributed by atoms with van der Waals surface area (Å²) in [6.45, 7) is 2.86. The lowest BCUT2D eigenvalue weighted by Gasteiger charge is -2.01. The zero-order chi connectivity index (χ0) is 27.5. The SMILES string of the molecule is C.CC(=O)Nc1nn(C)cc1Cc1ncc(Br)cn1.CC(=O)Nc1nn(C)cc1N.Clc1ncc(Br)cn1. The molecule has 0 aliphatic heterocycles. The van der Waals surface area contributed by atoms with Crippen molar-refractivity contribution in [1.29, 1.82) is 0 Å². The lowest BCUT2D eigenvalue weighted by molar-refractivity contribution is -0.115. The molecule has 2 amide bonds. The summed E-state index contributed by atoms with van der Waals surface area (Å²) < 4.78 is 4.86. The van der Waals surface area contributed by atoms with Crippen LogP contribution >= 0.6 is 43.5 Å². The maximum Gasteiger partial charge on any atom is 0.222 e. The van der Waals surface area contributed by atoms with Gasteiger partial charge in [0.25, 0.3) is 0 Å². The molecule has 13 nitrogen and oxygen atoms in total. The molecule has 0 radical (unpaired) electrons. The second-order valence-corrected chi connectivity index (χ2v) is 9.48. The van der Waals surface area contributed by atoms with Crippen molar-refractivity contribution in [3.8, 4) is 0 Å². The van der Waals surface area contributed by atoms with Gasteiger partial charge in [-0.1, -0.05) is 7.43 Å². The molecule has 0 aliphatic carbocycles. The fourth-order valence-corrected chi connectivity index (χ4v) is 3.11. The van der Waals surface area contributed by atoms with Crippen molar-refractivity contribution in [3.63, 3.8) is 0 Å². The molecule has 0 unspecified atom stereocenters. The van der Waals surface area contributed by atoms with Crippen molar-refractivity contribution < 1.29 is 9.59 Å². The first-order valence-electron chi connectivity index (χ1n) is 10.4. The average Bonchev–Trinajstić information content (AvgIpc) is 3.31. The first kappa shape index (κ1) is 32.6. The number of amides is 2. The molecule has 0 atom stereocenters. The lowest BCUT2D eigenvalue weighted by Crippen LogP contribution is -2.09. The van der Waals surface area contributed by atoms with E-state index < -0.39 is 0 Å². The molecule has 38 heavy (non-hydrogen) atoms. The Hall–Kier alpha value is -3.43. The van der Waals surface area contributed by atoms with Gasteiger partial charge in [-0.15, -0.1) is 0 Å². The fourth-order valence-electron chi connectivity index (χ4n) is 2.61. The molecular formula is C22H28Br2ClN11O2. The van der Waals surface area contributed by atoms with E-state index in [2.05, 4.69) is 72.6 Å². The number of carbonyl (C=O) groups excluding carboxylic acids is 2. The Labute approximate surface area is 241 Å². The van der Waals surface area contributed by atoms with E-state index in [1.54, 1.807) is 54.4 Å². The van der Waals surface area contributed by atoms with Crippen LogP contribution in [0.4, 0.5) is 17.3 Å². The zero-order valence-corrected chi connectivity index (χ0v) is 24.2. The van der Waals surface area contributed by atoms with Gasteiger partial charge in [-0.3, -0.25) is 19.0 Å². The highest BCUT2D eigenvalue weighted by Crippen LogP contribution is 2.16. The molecule has 4 aromatic rings. The molecule has 0 saturated heterocycles. The van der Waals surface area contributed by atoms with Crippen molar-refractivity contribution in [3.05, 3.63) is 62.8 Å². The van der Waals surface area contributed by atoms with Crippen molar-refractivity contribution in [2.75, 3.05) is 16.4 Å². The van der Waals surface area contributed by atoms with Crippen LogP contribution in [0.15, 0.2) is 46.1 Å². The maximum atomic E-state index is 11.1. The third-order valence-electron chi connectivity index (χ3n) is 3.96. The monoisotopic (exact) mass is 671 g/mol. The summed E-state index contributed by atoms with van der Waals surface area (Å²) in [5.74, 6) is 1.33. The first-order valence-corrected chi connectivity index (χ1v) is 12.4. The second kappa shape index (κ2) is 15.7. The fraction of sp³-hybridized carbons (Fsp3) is 0.273. The predicted octanol–water partition coefficient (Wildman–Crippen LogP) is 4.01. The topological polar surface area (TPSA) is 171 Å². The minimum absolute atomic E-state index is 0. The number of nitrogen functional groups attached to an aromatic ring is 1. The molecule has 4 rings (SSSR count). The summed E-state index contributed by atoms with van der Waals surface area (Å²) in [5, 5.41) is 13.6. The number of aryl methyl sites for hydroxylation is 2. The van der Waals surface area contributed by atoms with Crippen molar-refractivity contribution in [1.82, 2.24) is 39.5 Å². The van der Waals surface area contributed by atoms with Crippen molar-refractivity contribution in [2.45, 2.75) is 27.7 Å². The van der Waals surface area contributed by atoms with Gasteiger partial charge in [-0.2, -0.15) is 10.2 Å². The van der Waals surface area contributed by atoms with Gasteiger partial charge in [-0.05, 0) is 43.5 Å². The predicted molar refractivity (Wildman–Crippen MR) is 153 cm³/mol. The highest BCUT2D eigenvalue weighted by Gasteiger charge is 2.11. The Kier molecular flexibility index (Phi) is 13.5. The molecule has 0 aromatic carbocycles. The number of hydrogen-bond donors (Lipinski definition) is 3. The Morgan fingerprint density at radius 3 is 1.76 bits per heavy atom. The standard InChI is InChI=1S/C11H12BrN5O.C6H10N4O.C4H2BrClN2.CH4/c1-7(18)15-11-8(6-17(2)16-11)3-10-13-4-9(12)5-14-10;1-4(11)8-6-5(7)3-10(2)9-6;5-3-1-7-4(6)8-2-3;/h4-6H,3H2,1-2H3,(H,15,16,18);3H,7H2,1-2H3,(H,8,9,11);1-2H;1H4. The van der Waals surface area contributed by atoms with Gasteiger partial charge in [-0.25, -0.2) is 19.9 Å². The highest BCUT2D eigenvalue weighted by molar-refractivity contribution is 9.10. The van der Waals surface area contributed by atoms with Crippen LogP contribution in [0.2, 0.25) is 5.28 Å². The van der Waals surface area contributed by atoms with Gasteiger partial charge in [0, 0.05) is 77.1 Å². The summed E-state index contributed by atoms with van der Waals surface area (Å²) in [5.41, 5.74) is 6.85. The van der Waals surface area contributed by atoms with E-state index in [0.717, 1.165) is 14.5 Å². The zero-order valence-electron chi connectivity index (χ0n) is 20.3. The van der Waals surface area contributed by atoms with Crippen LogP contribution in [0, 0.1) is 0 Å². The summed E-state index contributed by atoms with van der Waals surface area (Å²) >= 11 is 11.8. The molecule has 4 N–H and O–H groups in total. The van der Waals surface area contributed by atoms with Gasteiger partial charge in [0.05, 0.1) is 14.6 Å². The van der Waals surface area contributed by atoms with Crippen molar-refractivity contribution >= 4 is 72.6 Å². The van der Waals surface area contributed by atoms with Gasteiger partial charge >= 0.3 is 0 Å². The minimum Gasteiger partial charge on any atom is -0.394 e. The Bertz CT molecular complexity index is 1310. The highest BCUT2D eigenvalue weighted by atomic mass is 79.9. The number of nitrogens with one attached hydrogen (secondary N) is 2. The van der Waals surface area contributed by atoms with E-state index in [0.29, 0.717) is 29.6 Å². The smallest absolute Gasteiger partial charge is 0.222 e. The Balaban J connectivity index is 0.000000309. The van der Waals surface area contributed by atoms with Gasteiger partial charge < -0.3 is 16.4 Å². The molecule has 0 aliphatic rings. The van der Waals surface area contributed by atoms with E-state index >= 15 is 0 Å². The van der Waals surface area contributed by atoms with Crippen LogP contribution in [0.3, 0.4) is 0 Å². The Morgan fingerprint density at radius 1 is 0.868 bits per heavy atom. The van der Waals surface area contributed by atoms with Gasteiger partial charge in [0.2, 0.25) is 17.1 Å². The quantitative estimate of drug-likeness (QED) is 0.271. The lowest BCUT2D eigenvalue weighted by atomic mass is 10.2.